The van der Waals surface area contributed by atoms with Gasteiger partial charge in [0.15, 0.2) is 0 Å². The highest BCUT2D eigenvalue weighted by molar-refractivity contribution is 7.14. The topological polar surface area (TPSA) is 94.0 Å². The lowest BCUT2D eigenvalue weighted by molar-refractivity contribution is -0.131. The molecule has 2 heterocycles. The lowest BCUT2D eigenvalue weighted by Crippen LogP contribution is -1.92. The molecule has 0 saturated carbocycles. The van der Waals surface area contributed by atoms with Gasteiger partial charge in [-0.1, -0.05) is 11.3 Å². The number of carboxylic acid groups (broad SMARTS) is 1. The SMILES string of the molecule is Cl.NCc1cnc(-n2cc(/C=C/C(=O)O)cn2)s1. The second kappa shape index (κ2) is 6.29. The van der Waals surface area contributed by atoms with E-state index in [0.29, 0.717) is 17.2 Å². The molecule has 2 aromatic rings. The Bertz CT molecular complexity index is 564. The van der Waals surface area contributed by atoms with Crippen molar-refractivity contribution < 1.29 is 9.90 Å². The van der Waals surface area contributed by atoms with Crippen molar-refractivity contribution in [2.24, 2.45) is 5.73 Å². The fourth-order valence-corrected chi connectivity index (χ4v) is 1.91. The minimum atomic E-state index is -0.989. The van der Waals surface area contributed by atoms with Gasteiger partial charge < -0.3 is 10.8 Å². The zero-order valence-corrected chi connectivity index (χ0v) is 10.8. The van der Waals surface area contributed by atoms with Crippen LogP contribution in [-0.4, -0.2) is 25.8 Å². The summed E-state index contributed by atoms with van der Waals surface area (Å²) in [6, 6.07) is 0. The third-order valence-corrected chi connectivity index (χ3v) is 2.97. The molecule has 6 nitrogen and oxygen atoms in total. The lowest BCUT2D eigenvalue weighted by atomic mass is 10.3. The summed E-state index contributed by atoms with van der Waals surface area (Å²) >= 11 is 1.45. The molecule has 0 saturated heterocycles. The quantitative estimate of drug-likeness (QED) is 0.827. The lowest BCUT2D eigenvalue weighted by Gasteiger charge is -1.91. The molecule has 0 unspecified atom stereocenters. The van der Waals surface area contributed by atoms with Gasteiger partial charge in [-0.2, -0.15) is 5.10 Å². The predicted octanol–water partition coefficient (Wildman–Crippen LogP) is 1.31. The summed E-state index contributed by atoms with van der Waals surface area (Å²) in [6.45, 7) is 0.449. The number of nitrogens with two attached hydrogens (primary N) is 1. The maximum Gasteiger partial charge on any atom is 0.328 e. The maximum atomic E-state index is 10.4. The van der Waals surface area contributed by atoms with Crippen LogP contribution in [0.15, 0.2) is 24.7 Å². The van der Waals surface area contributed by atoms with Crippen LogP contribution < -0.4 is 5.73 Å². The summed E-state index contributed by atoms with van der Waals surface area (Å²) in [6.07, 6.45) is 7.52. The molecule has 96 valence electrons. The van der Waals surface area contributed by atoms with E-state index in [-0.39, 0.29) is 12.4 Å². The number of halogens is 1. The molecule has 8 heteroatoms. The first-order valence-corrected chi connectivity index (χ1v) is 5.61. The van der Waals surface area contributed by atoms with Crippen molar-refractivity contribution in [3.05, 3.63) is 35.1 Å². The van der Waals surface area contributed by atoms with Crippen molar-refractivity contribution in [1.29, 1.82) is 0 Å². The Labute approximate surface area is 113 Å². The number of hydrogen-bond acceptors (Lipinski definition) is 5. The monoisotopic (exact) mass is 286 g/mol. The van der Waals surface area contributed by atoms with Crippen LogP contribution in [0.4, 0.5) is 0 Å². The molecule has 0 bridgehead atoms. The maximum absolute atomic E-state index is 10.4. The van der Waals surface area contributed by atoms with Gasteiger partial charge in [-0.3, -0.25) is 0 Å². The number of nitrogens with zero attached hydrogens (tertiary/aromatic N) is 3. The molecule has 0 aliphatic carbocycles. The summed E-state index contributed by atoms with van der Waals surface area (Å²) in [5.74, 6) is -0.989. The van der Waals surface area contributed by atoms with E-state index in [0.717, 1.165) is 11.0 Å². The van der Waals surface area contributed by atoms with Crippen LogP contribution in [0.1, 0.15) is 10.4 Å². The molecule has 0 fully saturated rings. The second-order valence-corrected chi connectivity index (χ2v) is 4.30. The molecule has 0 aliphatic rings. The standard InChI is InChI=1S/C10H10N4O2S.ClH/c11-3-8-5-12-10(17-8)14-6-7(4-13-14)1-2-9(15)16;/h1-2,4-6H,3,11H2,(H,15,16);1H/b2-1+;. The van der Waals surface area contributed by atoms with Gasteiger partial charge in [0, 0.05) is 35.5 Å². The average Bonchev–Trinajstić information content (AvgIpc) is 2.94. The van der Waals surface area contributed by atoms with Crippen molar-refractivity contribution in [3.8, 4) is 5.13 Å². The highest BCUT2D eigenvalue weighted by atomic mass is 35.5. The Morgan fingerprint density at radius 3 is 2.94 bits per heavy atom. The van der Waals surface area contributed by atoms with Crippen molar-refractivity contribution in [3.63, 3.8) is 0 Å². The van der Waals surface area contributed by atoms with Crippen molar-refractivity contribution in [2.75, 3.05) is 0 Å². The smallest absolute Gasteiger partial charge is 0.328 e. The molecule has 2 aromatic heterocycles. The van der Waals surface area contributed by atoms with E-state index < -0.39 is 5.97 Å². The first kappa shape index (κ1) is 14.4. The van der Waals surface area contributed by atoms with Gasteiger partial charge in [-0.25, -0.2) is 14.5 Å². The van der Waals surface area contributed by atoms with E-state index in [1.54, 1.807) is 23.3 Å². The van der Waals surface area contributed by atoms with Gasteiger partial charge in [0.2, 0.25) is 5.13 Å². The van der Waals surface area contributed by atoms with Gasteiger partial charge >= 0.3 is 5.97 Å². The van der Waals surface area contributed by atoms with Crippen LogP contribution >= 0.6 is 23.7 Å². The third kappa shape index (κ3) is 3.39. The zero-order valence-electron chi connectivity index (χ0n) is 9.18. The molecule has 0 atom stereocenters. The predicted molar refractivity (Wildman–Crippen MR) is 71.0 cm³/mol. The van der Waals surface area contributed by atoms with Crippen molar-refractivity contribution >= 4 is 35.8 Å². The van der Waals surface area contributed by atoms with E-state index in [2.05, 4.69) is 10.1 Å². The van der Waals surface area contributed by atoms with Crippen LogP contribution in [-0.2, 0) is 11.3 Å². The Morgan fingerprint density at radius 1 is 1.56 bits per heavy atom. The van der Waals surface area contributed by atoms with Crippen molar-refractivity contribution in [1.82, 2.24) is 14.8 Å². The second-order valence-electron chi connectivity index (χ2n) is 3.20. The molecule has 0 amide bonds. The molecule has 3 N–H and O–H groups in total. The summed E-state index contributed by atoms with van der Waals surface area (Å²) in [7, 11) is 0. The van der Waals surface area contributed by atoms with E-state index >= 15 is 0 Å². The molecule has 0 radical (unpaired) electrons. The Hall–Kier alpha value is -1.70. The summed E-state index contributed by atoms with van der Waals surface area (Å²) in [5, 5.41) is 13.3. The van der Waals surface area contributed by atoms with Crippen molar-refractivity contribution in [2.45, 2.75) is 6.54 Å². The Balaban J connectivity index is 0.00000162. The van der Waals surface area contributed by atoms with Gasteiger partial charge in [-0.05, 0) is 6.08 Å². The summed E-state index contributed by atoms with van der Waals surface area (Å²) in [5.41, 5.74) is 6.20. The molecule has 0 spiro atoms. The zero-order chi connectivity index (χ0) is 12.3. The number of rotatable bonds is 4. The minimum Gasteiger partial charge on any atom is -0.478 e. The summed E-state index contributed by atoms with van der Waals surface area (Å²) < 4.78 is 1.59. The molecule has 2 rings (SSSR count). The van der Waals surface area contributed by atoms with Gasteiger partial charge in [0.25, 0.3) is 0 Å². The Kier molecular flexibility index (Phi) is 5.02. The van der Waals surface area contributed by atoms with Gasteiger partial charge in [0.1, 0.15) is 0 Å². The number of aromatic nitrogens is 3. The Morgan fingerprint density at radius 2 is 2.33 bits per heavy atom. The highest BCUT2D eigenvalue weighted by Crippen LogP contribution is 2.16. The van der Waals surface area contributed by atoms with E-state index in [9.17, 15) is 4.79 Å². The van der Waals surface area contributed by atoms with Crippen LogP contribution in [0.25, 0.3) is 11.2 Å². The van der Waals surface area contributed by atoms with Crippen LogP contribution in [0.5, 0.6) is 0 Å². The van der Waals surface area contributed by atoms with Gasteiger partial charge in [0.05, 0.1) is 6.20 Å². The first-order valence-electron chi connectivity index (χ1n) is 4.80. The van der Waals surface area contributed by atoms with Crippen LogP contribution in [0, 0.1) is 0 Å². The van der Waals surface area contributed by atoms with E-state index in [1.165, 1.54) is 17.4 Å². The minimum absolute atomic E-state index is 0. The number of carboxylic acids is 1. The fourth-order valence-electron chi connectivity index (χ4n) is 1.19. The number of thiazole rings is 1. The molecule has 18 heavy (non-hydrogen) atoms. The molecular formula is C10H11ClN4O2S. The molecular weight excluding hydrogens is 276 g/mol. The molecule has 0 aromatic carbocycles. The first-order chi connectivity index (χ1) is 8.19. The molecule has 0 aliphatic heterocycles. The normalized spacial score (nSPS) is 10.5. The third-order valence-electron chi connectivity index (χ3n) is 1.96. The van der Waals surface area contributed by atoms with Crippen LogP contribution in [0.3, 0.4) is 0 Å². The number of hydrogen-bond donors (Lipinski definition) is 2. The fraction of sp³-hybridized carbons (Fsp3) is 0.100. The van der Waals surface area contributed by atoms with Crippen LogP contribution in [0.2, 0.25) is 0 Å². The summed E-state index contributed by atoms with van der Waals surface area (Å²) in [4.78, 5) is 15.5. The van der Waals surface area contributed by atoms with E-state index in [1.807, 2.05) is 0 Å². The largest absolute Gasteiger partial charge is 0.478 e. The highest BCUT2D eigenvalue weighted by Gasteiger charge is 2.04. The van der Waals surface area contributed by atoms with Gasteiger partial charge in [-0.15, -0.1) is 12.4 Å². The average molecular weight is 287 g/mol. The number of aliphatic carboxylic acids is 1. The number of carbonyl (C=O) groups is 1. The van der Waals surface area contributed by atoms with E-state index in [4.69, 9.17) is 10.8 Å².